The van der Waals surface area contributed by atoms with Crippen LogP contribution in [0, 0.1) is 13.8 Å². The highest BCUT2D eigenvalue weighted by molar-refractivity contribution is 7.13. The van der Waals surface area contributed by atoms with E-state index in [0.29, 0.717) is 10.8 Å². The maximum absolute atomic E-state index is 9.78. The summed E-state index contributed by atoms with van der Waals surface area (Å²) in [6.45, 7) is 3.79. The molecule has 0 atom stereocenters. The Morgan fingerprint density at radius 1 is 1.25 bits per heavy atom. The van der Waals surface area contributed by atoms with Gasteiger partial charge in [-0.2, -0.15) is 0 Å². The van der Waals surface area contributed by atoms with Gasteiger partial charge in [-0.25, -0.2) is 4.98 Å². The topological polar surface area (TPSA) is 57.8 Å². The van der Waals surface area contributed by atoms with Crippen LogP contribution >= 0.6 is 11.3 Å². The molecule has 0 radical (unpaired) electrons. The van der Waals surface area contributed by atoms with Crippen LogP contribution < -0.4 is 0 Å². The van der Waals surface area contributed by atoms with Gasteiger partial charge in [0.2, 0.25) is 5.13 Å². The summed E-state index contributed by atoms with van der Waals surface area (Å²) >= 11 is 1.40. The Bertz CT molecular complexity index is 520. The van der Waals surface area contributed by atoms with Crippen molar-refractivity contribution in [1.82, 2.24) is 4.98 Å². The molecule has 5 heteroatoms. The highest BCUT2D eigenvalue weighted by Crippen LogP contribution is 2.32. The number of rotatable bonds is 2. The number of phenolic OH excluding ortho intramolecular Hbond substituents is 1. The molecule has 0 saturated heterocycles. The minimum atomic E-state index is 0.172. The zero-order chi connectivity index (χ0) is 11.5. The Hall–Kier alpha value is -1.75. The van der Waals surface area contributed by atoms with Crippen molar-refractivity contribution in [3.63, 3.8) is 0 Å². The Morgan fingerprint density at radius 3 is 2.75 bits per heavy atom. The van der Waals surface area contributed by atoms with Gasteiger partial charge in [0.1, 0.15) is 11.4 Å². The van der Waals surface area contributed by atoms with Crippen LogP contribution in [0.4, 0.5) is 10.8 Å². The molecule has 4 nitrogen and oxygen atoms in total. The molecule has 0 bridgehead atoms. The summed E-state index contributed by atoms with van der Waals surface area (Å²) in [6.07, 6.45) is 1.67. The molecule has 1 aromatic carbocycles. The fourth-order valence-electron chi connectivity index (χ4n) is 1.38. The van der Waals surface area contributed by atoms with Gasteiger partial charge in [-0.1, -0.05) is 6.07 Å². The molecule has 0 aliphatic rings. The summed E-state index contributed by atoms with van der Waals surface area (Å²) in [5.41, 5.74) is 2.32. The molecule has 0 spiro atoms. The second-order valence-electron chi connectivity index (χ2n) is 3.46. The first-order valence-electron chi connectivity index (χ1n) is 4.78. The lowest BCUT2D eigenvalue weighted by atomic mass is 10.1. The van der Waals surface area contributed by atoms with Crippen LogP contribution in [0.15, 0.2) is 33.9 Å². The summed E-state index contributed by atoms with van der Waals surface area (Å²) in [5.74, 6) is 0.172. The summed E-state index contributed by atoms with van der Waals surface area (Å²) in [5, 5.41) is 20.1. The van der Waals surface area contributed by atoms with Crippen LogP contribution in [-0.2, 0) is 0 Å². The van der Waals surface area contributed by atoms with Gasteiger partial charge in [-0.3, -0.25) is 0 Å². The Morgan fingerprint density at radius 2 is 2.06 bits per heavy atom. The number of aromatic nitrogens is 1. The van der Waals surface area contributed by atoms with Crippen molar-refractivity contribution in [2.45, 2.75) is 13.8 Å². The third kappa shape index (κ3) is 2.25. The molecule has 1 aromatic heterocycles. The van der Waals surface area contributed by atoms with Gasteiger partial charge >= 0.3 is 0 Å². The van der Waals surface area contributed by atoms with E-state index in [9.17, 15) is 5.11 Å². The molecule has 0 saturated carbocycles. The lowest BCUT2D eigenvalue weighted by molar-refractivity contribution is 0.472. The molecule has 2 rings (SSSR count). The number of phenols is 1. The Balaban J connectivity index is 2.34. The van der Waals surface area contributed by atoms with Gasteiger partial charge in [0.05, 0.1) is 0 Å². The molecule has 0 aliphatic carbocycles. The van der Waals surface area contributed by atoms with Crippen molar-refractivity contribution in [2.75, 3.05) is 0 Å². The van der Waals surface area contributed by atoms with Crippen molar-refractivity contribution in [3.05, 3.63) is 34.8 Å². The Labute approximate surface area is 97.3 Å². The second kappa shape index (κ2) is 4.40. The van der Waals surface area contributed by atoms with E-state index < -0.39 is 0 Å². The predicted octanol–water partition coefficient (Wildman–Crippen LogP) is 3.88. The highest BCUT2D eigenvalue weighted by Gasteiger charge is 2.04. The van der Waals surface area contributed by atoms with E-state index in [-0.39, 0.29) is 5.75 Å². The van der Waals surface area contributed by atoms with E-state index in [4.69, 9.17) is 0 Å². The lowest BCUT2D eigenvalue weighted by Gasteiger charge is -2.03. The van der Waals surface area contributed by atoms with E-state index in [2.05, 4.69) is 15.2 Å². The van der Waals surface area contributed by atoms with Crippen LogP contribution in [0.2, 0.25) is 0 Å². The molecular weight excluding hydrogens is 222 g/mol. The van der Waals surface area contributed by atoms with E-state index in [1.54, 1.807) is 12.3 Å². The monoisotopic (exact) mass is 233 g/mol. The first-order valence-corrected chi connectivity index (χ1v) is 5.66. The van der Waals surface area contributed by atoms with Crippen molar-refractivity contribution in [1.29, 1.82) is 0 Å². The molecule has 2 aromatic rings. The number of aryl methyl sites for hydroxylation is 2. The average molecular weight is 233 g/mol. The molecular formula is C11H11N3OS. The quantitative estimate of drug-likeness (QED) is 0.800. The fourth-order valence-corrected chi connectivity index (χ4v) is 1.83. The minimum Gasteiger partial charge on any atom is -0.505 e. The third-order valence-corrected chi connectivity index (χ3v) is 2.74. The standard InChI is InChI=1S/C11H11N3OS/c1-7-5-8(2)10(15)9(6-7)13-14-11-12-3-4-16-11/h3-6,15H,1-2H3. The zero-order valence-electron chi connectivity index (χ0n) is 9.01. The number of hydrogen-bond acceptors (Lipinski definition) is 5. The molecule has 1 heterocycles. The van der Waals surface area contributed by atoms with E-state index in [1.165, 1.54) is 11.3 Å². The van der Waals surface area contributed by atoms with E-state index in [1.807, 2.05) is 25.3 Å². The van der Waals surface area contributed by atoms with Crippen LogP contribution in [0.1, 0.15) is 11.1 Å². The smallest absolute Gasteiger partial charge is 0.229 e. The zero-order valence-corrected chi connectivity index (χ0v) is 9.82. The molecule has 0 fully saturated rings. The SMILES string of the molecule is Cc1cc(C)c(O)c(N=Nc2nccs2)c1. The van der Waals surface area contributed by atoms with Crippen LogP contribution in [0.3, 0.4) is 0 Å². The van der Waals surface area contributed by atoms with Gasteiger partial charge < -0.3 is 5.11 Å². The van der Waals surface area contributed by atoms with Crippen molar-refractivity contribution in [3.8, 4) is 5.75 Å². The first-order chi connectivity index (χ1) is 7.66. The van der Waals surface area contributed by atoms with Gasteiger partial charge in [-0.15, -0.1) is 21.6 Å². The Kier molecular flexibility index (Phi) is 2.96. The van der Waals surface area contributed by atoms with E-state index in [0.717, 1.165) is 11.1 Å². The second-order valence-corrected chi connectivity index (χ2v) is 4.34. The number of hydrogen-bond donors (Lipinski definition) is 1. The molecule has 0 amide bonds. The summed E-state index contributed by atoms with van der Waals surface area (Å²) in [7, 11) is 0. The van der Waals surface area contributed by atoms with Crippen molar-refractivity contribution >= 4 is 22.2 Å². The lowest BCUT2D eigenvalue weighted by Crippen LogP contribution is -1.78. The van der Waals surface area contributed by atoms with Crippen molar-refractivity contribution < 1.29 is 5.11 Å². The summed E-state index contributed by atoms with van der Waals surface area (Å²) in [6, 6.07) is 3.69. The number of benzene rings is 1. The molecule has 0 unspecified atom stereocenters. The maximum Gasteiger partial charge on any atom is 0.229 e. The van der Waals surface area contributed by atoms with Crippen molar-refractivity contribution in [2.24, 2.45) is 10.2 Å². The number of nitrogens with zero attached hydrogens (tertiary/aromatic N) is 3. The number of thiazole rings is 1. The normalized spacial score (nSPS) is 11.1. The van der Waals surface area contributed by atoms with Gasteiger partial charge in [0.25, 0.3) is 0 Å². The number of azo groups is 1. The van der Waals surface area contributed by atoms with Gasteiger partial charge in [0, 0.05) is 11.6 Å². The average Bonchev–Trinajstić information content (AvgIpc) is 2.74. The van der Waals surface area contributed by atoms with Crippen LogP contribution in [0.5, 0.6) is 5.75 Å². The summed E-state index contributed by atoms with van der Waals surface area (Å²) in [4.78, 5) is 3.98. The molecule has 0 aliphatic heterocycles. The maximum atomic E-state index is 9.78. The largest absolute Gasteiger partial charge is 0.505 e. The van der Waals surface area contributed by atoms with Crippen LogP contribution in [-0.4, -0.2) is 10.1 Å². The third-order valence-electron chi connectivity index (χ3n) is 2.09. The predicted molar refractivity (Wildman–Crippen MR) is 63.9 cm³/mol. The van der Waals surface area contributed by atoms with E-state index >= 15 is 0 Å². The minimum absolute atomic E-state index is 0.172. The fraction of sp³-hybridized carbons (Fsp3) is 0.182. The highest BCUT2D eigenvalue weighted by atomic mass is 32.1. The number of aromatic hydroxyl groups is 1. The molecule has 1 N–H and O–H groups in total. The van der Waals surface area contributed by atoms with Gasteiger partial charge in [-0.05, 0) is 31.0 Å². The summed E-state index contributed by atoms with van der Waals surface area (Å²) < 4.78 is 0. The molecule has 16 heavy (non-hydrogen) atoms. The van der Waals surface area contributed by atoms with Crippen LogP contribution in [0.25, 0.3) is 0 Å². The first kappa shape index (κ1) is 10.8. The van der Waals surface area contributed by atoms with Gasteiger partial charge in [0.15, 0.2) is 0 Å². The molecule has 82 valence electrons.